The van der Waals surface area contributed by atoms with Crippen molar-refractivity contribution < 1.29 is 14.3 Å². The summed E-state index contributed by atoms with van der Waals surface area (Å²) >= 11 is 0. The topological polar surface area (TPSA) is 38.8 Å². The summed E-state index contributed by atoms with van der Waals surface area (Å²) in [7, 11) is 0. The van der Waals surface area contributed by atoms with Gasteiger partial charge in [0.25, 0.3) is 0 Å². The molecule has 1 fully saturated rings. The van der Waals surface area contributed by atoms with Crippen LogP contribution in [0.1, 0.15) is 41.0 Å². The summed E-state index contributed by atoms with van der Waals surface area (Å²) in [5, 5.41) is 0. The maximum absolute atomic E-state index is 11.7. The molecule has 0 amide bonds. The van der Waals surface area contributed by atoms with Crippen molar-refractivity contribution in [3.63, 3.8) is 0 Å². The zero-order chi connectivity index (χ0) is 14.7. The van der Waals surface area contributed by atoms with Gasteiger partial charge in [0.2, 0.25) is 0 Å². The average molecular weight is 269 g/mol. The summed E-state index contributed by atoms with van der Waals surface area (Å²) in [5.74, 6) is -0.190. The third-order valence-electron chi connectivity index (χ3n) is 3.47. The monoisotopic (exact) mass is 269 g/mol. The lowest BCUT2D eigenvalue weighted by molar-refractivity contribution is -0.145. The summed E-state index contributed by atoms with van der Waals surface area (Å²) in [4.78, 5) is 13.8. The average Bonchev–Trinajstić information content (AvgIpc) is 2.46. The van der Waals surface area contributed by atoms with E-state index >= 15 is 0 Å². The smallest absolute Gasteiger partial charge is 0.320 e. The van der Waals surface area contributed by atoms with Crippen LogP contribution >= 0.6 is 0 Å². The number of carbonyl (C=O) groups excluding carboxylic acids is 1. The Bertz CT molecular complexity index is 336. The Morgan fingerprint density at radius 2 is 2.11 bits per heavy atom. The highest BCUT2D eigenvalue weighted by molar-refractivity contribution is 5.71. The van der Waals surface area contributed by atoms with E-state index < -0.39 is 0 Å². The Balaban J connectivity index is 2.81. The molecular weight excluding hydrogens is 242 g/mol. The molecule has 4 heteroatoms. The van der Waals surface area contributed by atoms with Gasteiger partial charge >= 0.3 is 5.97 Å². The van der Waals surface area contributed by atoms with Gasteiger partial charge in [-0.15, -0.1) is 6.58 Å². The SMILES string of the molecule is C=CCN(CC(=O)OCC)C1CC(C)(C)OC1(C)C. The van der Waals surface area contributed by atoms with Crippen LogP contribution in [0, 0.1) is 0 Å². The Hall–Kier alpha value is -0.870. The molecule has 0 bridgehead atoms. The van der Waals surface area contributed by atoms with Gasteiger partial charge in [0, 0.05) is 12.6 Å². The molecule has 0 aliphatic carbocycles. The standard InChI is InChI=1S/C15H27NO3/c1-7-9-16(11-13(17)18-8-2)12-10-14(3,4)19-15(12,5)6/h7,12H,1,8-11H2,2-6H3. The van der Waals surface area contributed by atoms with Crippen molar-refractivity contribution in [2.75, 3.05) is 19.7 Å². The van der Waals surface area contributed by atoms with Crippen molar-refractivity contribution in [3.8, 4) is 0 Å². The number of hydrogen-bond acceptors (Lipinski definition) is 4. The van der Waals surface area contributed by atoms with Gasteiger partial charge in [-0.1, -0.05) is 6.08 Å². The van der Waals surface area contributed by atoms with Gasteiger partial charge in [0.15, 0.2) is 0 Å². The molecule has 4 nitrogen and oxygen atoms in total. The zero-order valence-corrected chi connectivity index (χ0v) is 12.9. The highest BCUT2D eigenvalue weighted by atomic mass is 16.5. The second-order valence-electron chi connectivity index (χ2n) is 6.21. The van der Waals surface area contributed by atoms with E-state index in [0.29, 0.717) is 13.2 Å². The second kappa shape index (κ2) is 6.06. The molecule has 0 spiro atoms. The van der Waals surface area contributed by atoms with Crippen molar-refractivity contribution in [2.45, 2.75) is 58.3 Å². The highest BCUT2D eigenvalue weighted by Crippen LogP contribution is 2.40. The second-order valence-corrected chi connectivity index (χ2v) is 6.21. The van der Waals surface area contributed by atoms with Crippen molar-refractivity contribution in [1.29, 1.82) is 0 Å². The van der Waals surface area contributed by atoms with E-state index in [-0.39, 0.29) is 29.8 Å². The minimum absolute atomic E-state index is 0.164. The van der Waals surface area contributed by atoms with Gasteiger partial charge < -0.3 is 9.47 Å². The molecule has 1 heterocycles. The fraction of sp³-hybridized carbons (Fsp3) is 0.800. The molecule has 1 saturated heterocycles. The fourth-order valence-corrected chi connectivity index (χ4v) is 2.94. The molecule has 0 saturated carbocycles. The van der Waals surface area contributed by atoms with E-state index in [1.54, 1.807) is 0 Å². The van der Waals surface area contributed by atoms with Crippen LogP contribution in [0.15, 0.2) is 12.7 Å². The molecule has 0 N–H and O–H groups in total. The summed E-state index contributed by atoms with van der Waals surface area (Å²) < 4.78 is 11.1. The van der Waals surface area contributed by atoms with Crippen LogP contribution < -0.4 is 0 Å². The lowest BCUT2D eigenvalue weighted by Crippen LogP contribution is -2.48. The zero-order valence-electron chi connectivity index (χ0n) is 12.9. The van der Waals surface area contributed by atoms with E-state index in [9.17, 15) is 4.79 Å². The van der Waals surface area contributed by atoms with Gasteiger partial charge in [0.05, 0.1) is 24.4 Å². The Morgan fingerprint density at radius 1 is 1.47 bits per heavy atom. The first-order valence-corrected chi connectivity index (χ1v) is 6.92. The van der Waals surface area contributed by atoms with Crippen molar-refractivity contribution >= 4 is 5.97 Å². The number of rotatable bonds is 6. The highest BCUT2D eigenvalue weighted by Gasteiger charge is 2.48. The largest absolute Gasteiger partial charge is 0.465 e. The fourth-order valence-electron chi connectivity index (χ4n) is 2.94. The molecule has 1 aliphatic heterocycles. The van der Waals surface area contributed by atoms with Crippen LogP contribution in [0.4, 0.5) is 0 Å². The molecule has 1 atom stereocenters. The summed E-state index contributed by atoms with van der Waals surface area (Å²) in [6, 6.07) is 0.185. The van der Waals surface area contributed by atoms with Gasteiger partial charge in [-0.05, 0) is 41.0 Å². The van der Waals surface area contributed by atoms with Gasteiger partial charge in [-0.3, -0.25) is 9.69 Å². The van der Waals surface area contributed by atoms with Gasteiger partial charge in [0.1, 0.15) is 0 Å². The quantitative estimate of drug-likeness (QED) is 0.548. The number of ether oxygens (including phenoxy) is 2. The minimum atomic E-state index is -0.279. The molecule has 1 unspecified atom stereocenters. The van der Waals surface area contributed by atoms with Crippen molar-refractivity contribution in [3.05, 3.63) is 12.7 Å². The summed E-state index contributed by atoms with van der Waals surface area (Å²) in [6.45, 7) is 15.3. The number of carbonyl (C=O) groups is 1. The predicted octanol–water partition coefficient (Wildman–Crippen LogP) is 2.38. The number of esters is 1. The van der Waals surface area contributed by atoms with E-state index in [2.05, 4.69) is 39.2 Å². The lowest BCUT2D eigenvalue weighted by Gasteiger charge is -2.35. The van der Waals surface area contributed by atoms with Crippen LogP contribution in [0.3, 0.4) is 0 Å². The maximum Gasteiger partial charge on any atom is 0.320 e. The molecule has 19 heavy (non-hydrogen) atoms. The van der Waals surface area contributed by atoms with Crippen LogP contribution in [0.5, 0.6) is 0 Å². The normalized spacial score (nSPS) is 24.4. The Kier molecular flexibility index (Phi) is 5.16. The van der Waals surface area contributed by atoms with Crippen molar-refractivity contribution in [2.24, 2.45) is 0 Å². The van der Waals surface area contributed by atoms with Crippen LogP contribution in [-0.4, -0.2) is 47.8 Å². The first-order chi connectivity index (χ1) is 8.72. The Morgan fingerprint density at radius 3 is 2.53 bits per heavy atom. The van der Waals surface area contributed by atoms with E-state index in [1.807, 2.05) is 13.0 Å². The molecule has 0 aromatic heterocycles. The van der Waals surface area contributed by atoms with E-state index in [0.717, 1.165) is 6.42 Å². The molecule has 0 aromatic carbocycles. The van der Waals surface area contributed by atoms with Gasteiger partial charge in [-0.2, -0.15) is 0 Å². The maximum atomic E-state index is 11.7. The van der Waals surface area contributed by atoms with Crippen LogP contribution in [0.2, 0.25) is 0 Å². The van der Waals surface area contributed by atoms with E-state index in [1.165, 1.54) is 0 Å². The summed E-state index contributed by atoms with van der Waals surface area (Å²) in [5.41, 5.74) is -0.443. The van der Waals surface area contributed by atoms with Crippen LogP contribution in [-0.2, 0) is 14.3 Å². The number of nitrogens with zero attached hydrogens (tertiary/aromatic N) is 1. The Labute approximate surface area is 116 Å². The molecule has 0 aromatic rings. The molecule has 1 rings (SSSR count). The predicted molar refractivity (Wildman–Crippen MR) is 76.1 cm³/mol. The lowest BCUT2D eigenvalue weighted by atomic mass is 9.93. The molecule has 0 radical (unpaired) electrons. The van der Waals surface area contributed by atoms with Crippen molar-refractivity contribution in [1.82, 2.24) is 4.90 Å². The molecule has 110 valence electrons. The first-order valence-electron chi connectivity index (χ1n) is 6.92. The third-order valence-corrected chi connectivity index (χ3v) is 3.47. The van der Waals surface area contributed by atoms with Crippen LogP contribution in [0.25, 0.3) is 0 Å². The first kappa shape index (κ1) is 16.2. The third kappa shape index (κ3) is 4.32. The summed E-state index contributed by atoms with van der Waals surface area (Å²) in [6.07, 6.45) is 2.72. The molecular formula is C15H27NO3. The number of hydrogen-bond donors (Lipinski definition) is 0. The van der Waals surface area contributed by atoms with Gasteiger partial charge in [-0.25, -0.2) is 0 Å². The minimum Gasteiger partial charge on any atom is -0.465 e. The molecule has 1 aliphatic rings. The van der Waals surface area contributed by atoms with E-state index in [4.69, 9.17) is 9.47 Å².